The summed E-state index contributed by atoms with van der Waals surface area (Å²) >= 11 is 24.2. The molecule has 1 aliphatic rings. The number of amides is 4. The first-order chi connectivity index (χ1) is 17.0. The number of barbiturate groups is 1. The summed E-state index contributed by atoms with van der Waals surface area (Å²) in [4.78, 5) is 38.3. The fourth-order valence-corrected chi connectivity index (χ4v) is 5.12. The number of hydrogen-bond donors (Lipinski definition) is 1. The van der Waals surface area contributed by atoms with E-state index in [1.54, 1.807) is 6.07 Å². The van der Waals surface area contributed by atoms with Crippen LogP contribution in [0.3, 0.4) is 0 Å². The molecule has 0 spiro atoms. The maximum Gasteiger partial charge on any atom is 0.339 e. The number of rotatable bonds is 5. The van der Waals surface area contributed by atoms with E-state index in [4.69, 9.17) is 50.6 Å². The van der Waals surface area contributed by atoms with Gasteiger partial charge in [0.15, 0.2) is 5.75 Å². The largest absolute Gasteiger partial charge is 0.376 e. The van der Waals surface area contributed by atoms with Gasteiger partial charge in [0.05, 0.1) is 15.7 Å². The molecule has 0 unspecified atom stereocenters. The molecule has 13 heteroatoms. The number of halogens is 4. The van der Waals surface area contributed by atoms with E-state index in [0.717, 1.165) is 11.0 Å². The molecule has 36 heavy (non-hydrogen) atoms. The van der Waals surface area contributed by atoms with Crippen LogP contribution in [0.25, 0.3) is 6.08 Å². The predicted octanol–water partition coefficient (Wildman–Crippen LogP) is 5.73. The Labute approximate surface area is 225 Å². The van der Waals surface area contributed by atoms with Gasteiger partial charge in [0, 0.05) is 10.0 Å². The summed E-state index contributed by atoms with van der Waals surface area (Å²) < 4.78 is 30.3. The van der Waals surface area contributed by atoms with Crippen LogP contribution in [-0.4, -0.2) is 26.3 Å². The van der Waals surface area contributed by atoms with E-state index in [9.17, 15) is 22.8 Å². The molecule has 184 valence electrons. The van der Waals surface area contributed by atoms with Crippen LogP contribution in [0.1, 0.15) is 5.56 Å². The summed E-state index contributed by atoms with van der Waals surface area (Å²) in [6, 6.07) is 12.7. The lowest BCUT2D eigenvalue weighted by molar-refractivity contribution is -0.122. The Bertz CT molecular complexity index is 1530. The molecule has 3 aromatic rings. The van der Waals surface area contributed by atoms with Crippen molar-refractivity contribution in [2.24, 2.45) is 0 Å². The zero-order valence-corrected chi connectivity index (χ0v) is 21.5. The first kappa shape index (κ1) is 26.0. The summed E-state index contributed by atoms with van der Waals surface area (Å²) in [7, 11) is -4.30. The summed E-state index contributed by atoms with van der Waals surface area (Å²) in [6.45, 7) is 0. The highest BCUT2D eigenvalue weighted by molar-refractivity contribution is 7.87. The van der Waals surface area contributed by atoms with E-state index in [1.807, 2.05) is 0 Å². The van der Waals surface area contributed by atoms with Gasteiger partial charge >= 0.3 is 16.1 Å². The normalized spacial score (nSPS) is 15.3. The molecular weight excluding hydrogens is 574 g/mol. The number of nitrogens with zero attached hydrogens (tertiary/aromatic N) is 1. The van der Waals surface area contributed by atoms with Crippen molar-refractivity contribution in [2.45, 2.75) is 4.90 Å². The number of anilines is 1. The quantitative estimate of drug-likeness (QED) is 0.232. The Kier molecular flexibility index (Phi) is 7.31. The number of carbonyl (C=O) groups excluding carboxylic acids is 3. The van der Waals surface area contributed by atoms with Crippen molar-refractivity contribution in [2.75, 3.05) is 4.90 Å². The molecule has 0 saturated carbocycles. The maximum absolute atomic E-state index is 13.0. The van der Waals surface area contributed by atoms with Gasteiger partial charge in [-0.15, -0.1) is 0 Å². The highest BCUT2D eigenvalue weighted by Gasteiger charge is 2.37. The fraction of sp³-hybridized carbons (Fsp3) is 0. The lowest BCUT2D eigenvalue weighted by Gasteiger charge is -2.26. The maximum atomic E-state index is 13.0. The number of imide groups is 2. The molecule has 0 atom stereocenters. The summed E-state index contributed by atoms with van der Waals surface area (Å²) in [5.74, 6) is -2.21. The van der Waals surface area contributed by atoms with Gasteiger partial charge in [0.25, 0.3) is 11.8 Å². The molecule has 0 bridgehead atoms. The SMILES string of the molecule is O=C1NC(=O)N(c2cccc(Cl)c2)C(=O)/C1=C/c1cc(Cl)c(OS(=O)(=O)c2ccc(Cl)cc2)c(Cl)c1. The third-order valence-corrected chi connectivity index (χ3v) is 7.08. The van der Waals surface area contributed by atoms with E-state index >= 15 is 0 Å². The van der Waals surface area contributed by atoms with Gasteiger partial charge in [-0.25, -0.2) is 9.69 Å². The van der Waals surface area contributed by atoms with Crippen molar-refractivity contribution in [1.82, 2.24) is 5.32 Å². The standard InChI is InChI=1S/C23H12Cl4N2O6S/c24-13-4-6-16(7-5-13)36(33,34)35-20-18(26)9-12(10-19(20)27)8-17-21(30)28-23(32)29(22(17)31)15-3-1-2-14(25)11-15/h1-11H,(H,28,30,32)/b17-8+. The zero-order valence-electron chi connectivity index (χ0n) is 17.7. The topological polar surface area (TPSA) is 110 Å². The number of benzene rings is 3. The zero-order chi connectivity index (χ0) is 26.2. The molecule has 3 aromatic carbocycles. The van der Waals surface area contributed by atoms with Crippen LogP contribution < -0.4 is 14.4 Å². The van der Waals surface area contributed by atoms with Gasteiger partial charge in [-0.05, 0) is 66.2 Å². The Morgan fingerprint density at radius 1 is 0.833 bits per heavy atom. The minimum atomic E-state index is -4.30. The molecule has 1 fully saturated rings. The first-order valence-corrected chi connectivity index (χ1v) is 12.7. The van der Waals surface area contributed by atoms with E-state index in [-0.39, 0.29) is 37.0 Å². The molecule has 4 amide bonds. The van der Waals surface area contributed by atoms with Crippen LogP contribution in [0.2, 0.25) is 20.1 Å². The lowest BCUT2D eigenvalue weighted by Crippen LogP contribution is -2.54. The van der Waals surface area contributed by atoms with Crippen molar-refractivity contribution in [3.8, 4) is 5.75 Å². The molecule has 8 nitrogen and oxygen atoms in total. The molecular formula is C23H12Cl4N2O6S. The van der Waals surface area contributed by atoms with Crippen molar-refractivity contribution >= 4 is 86.1 Å². The molecule has 0 radical (unpaired) electrons. The van der Waals surface area contributed by atoms with E-state index in [2.05, 4.69) is 5.32 Å². The molecule has 1 saturated heterocycles. The Balaban J connectivity index is 1.67. The molecule has 0 aromatic heterocycles. The average Bonchev–Trinajstić information content (AvgIpc) is 2.79. The highest BCUT2D eigenvalue weighted by Crippen LogP contribution is 2.37. The van der Waals surface area contributed by atoms with Gasteiger partial charge in [0.1, 0.15) is 10.5 Å². The Morgan fingerprint density at radius 2 is 1.47 bits per heavy atom. The average molecular weight is 586 g/mol. The molecule has 1 aliphatic heterocycles. The van der Waals surface area contributed by atoms with Crippen LogP contribution in [-0.2, 0) is 19.7 Å². The number of carbonyl (C=O) groups is 3. The third-order valence-electron chi connectivity index (χ3n) is 4.80. The van der Waals surface area contributed by atoms with Gasteiger partial charge in [0.2, 0.25) is 0 Å². The van der Waals surface area contributed by atoms with E-state index < -0.39 is 33.5 Å². The highest BCUT2D eigenvalue weighted by atomic mass is 35.5. The monoisotopic (exact) mass is 584 g/mol. The van der Waals surface area contributed by atoms with Crippen LogP contribution in [0, 0.1) is 0 Å². The summed E-state index contributed by atoms with van der Waals surface area (Å²) in [5.41, 5.74) is -0.0834. The lowest BCUT2D eigenvalue weighted by atomic mass is 10.1. The first-order valence-electron chi connectivity index (χ1n) is 9.82. The van der Waals surface area contributed by atoms with Gasteiger partial charge in [-0.1, -0.05) is 52.5 Å². The van der Waals surface area contributed by atoms with Crippen LogP contribution in [0.5, 0.6) is 5.75 Å². The minimum absolute atomic E-state index is 0.149. The molecule has 4 rings (SSSR count). The number of urea groups is 1. The second-order valence-corrected chi connectivity index (χ2v) is 10.5. The minimum Gasteiger partial charge on any atom is -0.376 e. The van der Waals surface area contributed by atoms with Crippen molar-refractivity contribution < 1.29 is 27.0 Å². The van der Waals surface area contributed by atoms with E-state index in [0.29, 0.717) is 5.02 Å². The van der Waals surface area contributed by atoms with Crippen LogP contribution in [0.4, 0.5) is 10.5 Å². The fourth-order valence-electron chi connectivity index (χ4n) is 3.18. The molecule has 0 aliphatic carbocycles. The Hall–Kier alpha value is -3.08. The third kappa shape index (κ3) is 5.35. The van der Waals surface area contributed by atoms with Crippen molar-refractivity contribution in [1.29, 1.82) is 0 Å². The van der Waals surface area contributed by atoms with Crippen molar-refractivity contribution in [3.63, 3.8) is 0 Å². The smallest absolute Gasteiger partial charge is 0.339 e. The number of nitrogens with one attached hydrogen (secondary N) is 1. The van der Waals surface area contributed by atoms with Gasteiger partial charge in [-0.2, -0.15) is 8.42 Å². The summed E-state index contributed by atoms with van der Waals surface area (Å²) in [5, 5.41) is 2.27. The molecule has 1 heterocycles. The summed E-state index contributed by atoms with van der Waals surface area (Å²) in [6.07, 6.45) is 1.15. The van der Waals surface area contributed by atoms with E-state index in [1.165, 1.54) is 54.6 Å². The van der Waals surface area contributed by atoms with Crippen LogP contribution in [0.15, 0.2) is 71.1 Å². The van der Waals surface area contributed by atoms with Gasteiger partial charge < -0.3 is 4.18 Å². The van der Waals surface area contributed by atoms with Gasteiger partial charge in [-0.3, -0.25) is 14.9 Å². The molecule has 1 N–H and O–H groups in total. The predicted molar refractivity (Wildman–Crippen MR) is 136 cm³/mol. The van der Waals surface area contributed by atoms with Crippen molar-refractivity contribution in [3.05, 3.63) is 91.9 Å². The second kappa shape index (κ2) is 10.1. The second-order valence-electron chi connectivity index (χ2n) is 7.24. The Morgan fingerprint density at radius 3 is 2.08 bits per heavy atom. The number of hydrogen-bond acceptors (Lipinski definition) is 6. The van der Waals surface area contributed by atoms with Crippen LogP contribution >= 0.6 is 46.4 Å².